The molecule has 0 saturated carbocycles. The molecule has 0 aliphatic rings. The normalized spacial score (nSPS) is 12.2. The molecule has 0 spiro atoms. The molecular weight excluding hydrogens is 721 g/mol. The molecule has 0 saturated heterocycles. The SMILES string of the molecule is C=C(/C=C\c1c(C)oc2c1ccc1c3ccc(-c4cccc(-n5c6ccccc6c6ccccc65)c4)cc3oc12)c1cccc(-n2c3ccccc3c3ccccc32)c1. The van der Waals surface area contributed by atoms with Crippen LogP contribution in [-0.2, 0) is 0 Å². The van der Waals surface area contributed by atoms with Gasteiger partial charge in [0.25, 0.3) is 0 Å². The summed E-state index contributed by atoms with van der Waals surface area (Å²) in [6.07, 6.45) is 4.21. The average Bonchev–Trinajstić information content (AvgIpc) is 4.02. The molecule has 0 radical (unpaired) electrons. The molecule has 12 rings (SSSR count). The predicted octanol–water partition coefficient (Wildman–Crippen LogP) is 15.2. The molecule has 0 bridgehead atoms. The lowest BCUT2D eigenvalue weighted by atomic mass is 10.0. The third kappa shape index (κ3) is 5.10. The highest BCUT2D eigenvalue weighted by molar-refractivity contribution is 6.15. The summed E-state index contributed by atoms with van der Waals surface area (Å²) < 4.78 is 17.9. The molecule has 59 heavy (non-hydrogen) atoms. The van der Waals surface area contributed by atoms with Crippen molar-refractivity contribution in [1.29, 1.82) is 0 Å². The summed E-state index contributed by atoms with van der Waals surface area (Å²) in [5.74, 6) is 0.832. The van der Waals surface area contributed by atoms with Crippen LogP contribution in [0.4, 0.5) is 0 Å². The van der Waals surface area contributed by atoms with Crippen LogP contribution in [0.15, 0.2) is 197 Å². The molecule has 0 unspecified atom stereocenters. The predicted molar refractivity (Wildman–Crippen MR) is 247 cm³/mol. The number of aryl methyl sites for hydroxylation is 1. The quantitative estimate of drug-likeness (QED) is 0.158. The minimum atomic E-state index is 0.754. The van der Waals surface area contributed by atoms with Gasteiger partial charge >= 0.3 is 0 Å². The molecule has 0 fully saturated rings. The van der Waals surface area contributed by atoms with E-state index in [1.54, 1.807) is 0 Å². The minimum absolute atomic E-state index is 0.754. The molecule has 0 atom stereocenters. The van der Waals surface area contributed by atoms with Crippen LogP contribution in [0.2, 0.25) is 0 Å². The molecule has 0 N–H and O–H groups in total. The summed E-state index contributed by atoms with van der Waals surface area (Å²) in [6.45, 7) is 6.51. The maximum absolute atomic E-state index is 6.68. The third-order valence-electron chi connectivity index (χ3n) is 12.0. The van der Waals surface area contributed by atoms with Gasteiger partial charge in [0.2, 0.25) is 0 Å². The summed E-state index contributed by atoms with van der Waals surface area (Å²) in [5, 5.41) is 8.10. The van der Waals surface area contributed by atoms with Crippen molar-refractivity contribution >= 4 is 88.2 Å². The number of nitrogens with zero attached hydrogens (tertiary/aromatic N) is 2. The zero-order chi connectivity index (χ0) is 39.2. The largest absolute Gasteiger partial charge is 0.457 e. The van der Waals surface area contributed by atoms with E-state index in [9.17, 15) is 0 Å². The Balaban J connectivity index is 0.886. The summed E-state index contributed by atoms with van der Waals surface area (Å²) in [6, 6.07) is 62.6. The minimum Gasteiger partial charge on any atom is -0.457 e. The fourth-order valence-corrected chi connectivity index (χ4v) is 9.26. The van der Waals surface area contributed by atoms with Gasteiger partial charge in [-0.25, -0.2) is 0 Å². The first kappa shape index (κ1) is 33.3. The number of hydrogen-bond acceptors (Lipinski definition) is 2. The van der Waals surface area contributed by atoms with Gasteiger partial charge in [-0.15, -0.1) is 0 Å². The fraction of sp³-hybridized carbons (Fsp3) is 0.0182. The zero-order valence-corrected chi connectivity index (χ0v) is 32.3. The first-order valence-corrected chi connectivity index (χ1v) is 20.0. The topological polar surface area (TPSA) is 36.1 Å². The molecule has 0 amide bonds. The lowest BCUT2D eigenvalue weighted by Gasteiger charge is -2.10. The Morgan fingerprint density at radius 2 is 0.966 bits per heavy atom. The number of rotatable bonds is 6. The van der Waals surface area contributed by atoms with Crippen molar-refractivity contribution in [3.05, 3.63) is 205 Å². The van der Waals surface area contributed by atoms with Gasteiger partial charge in [-0.3, -0.25) is 0 Å². The van der Waals surface area contributed by atoms with Crippen LogP contribution in [0.5, 0.6) is 0 Å². The second-order valence-corrected chi connectivity index (χ2v) is 15.4. The van der Waals surface area contributed by atoms with Crippen molar-refractivity contribution in [3.8, 4) is 22.5 Å². The second-order valence-electron chi connectivity index (χ2n) is 15.4. The second kappa shape index (κ2) is 12.9. The van der Waals surface area contributed by atoms with Crippen molar-refractivity contribution in [2.45, 2.75) is 6.92 Å². The summed E-state index contributed by atoms with van der Waals surface area (Å²) in [5.41, 5.74) is 14.5. The summed E-state index contributed by atoms with van der Waals surface area (Å²) in [7, 11) is 0. The lowest BCUT2D eigenvalue weighted by Crippen LogP contribution is -1.94. The third-order valence-corrected chi connectivity index (χ3v) is 12.0. The number of aromatic nitrogens is 2. The van der Waals surface area contributed by atoms with Crippen molar-refractivity contribution in [2.24, 2.45) is 0 Å². The highest BCUT2D eigenvalue weighted by Crippen LogP contribution is 2.40. The Bertz CT molecular complexity index is 3610. The highest BCUT2D eigenvalue weighted by Gasteiger charge is 2.19. The summed E-state index contributed by atoms with van der Waals surface area (Å²) >= 11 is 0. The number of para-hydroxylation sites is 4. The van der Waals surface area contributed by atoms with Crippen LogP contribution in [0.3, 0.4) is 0 Å². The number of benzene rings is 8. The average molecular weight is 757 g/mol. The molecule has 4 nitrogen and oxygen atoms in total. The van der Waals surface area contributed by atoms with E-state index in [1.165, 1.54) is 43.6 Å². The van der Waals surface area contributed by atoms with Crippen LogP contribution >= 0.6 is 0 Å². The molecule has 278 valence electrons. The van der Waals surface area contributed by atoms with E-state index in [4.69, 9.17) is 8.83 Å². The Hall–Kier alpha value is -7.82. The summed E-state index contributed by atoms with van der Waals surface area (Å²) in [4.78, 5) is 0. The molecule has 0 aliphatic carbocycles. The van der Waals surface area contributed by atoms with Crippen molar-refractivity contribution in [2.75, 3.05) is 0 Å². The monoisotopic (exact) mass is 756 g/mol. The van der Waals surface area contributed by atoms with Crippen LogP contribution in [0.25, 0.3) is 111 Å². The Labute approximate surface area is 339 Å². The number of allylic oxidation sites excluding steroid dienone is 2. The van der Waals surface area contributed by atoms with Crippen LogP contribution in [0, 0.1) is 6.92 Å². The van der Waals surface area contributed by atoms with Crippen molar-refractivity contribution in [3.63, 3.8) is 0 Å². The van der Waals surface area contributed by atoms with E-state index in [0.717, 1.165) is 77.9 Å². The van der Waals surface area contributed by atoms with Gasteiger partial charge in [-0.05, 0) is 102 Å². The Morgan fingerprint density at radius 1 is 0.458 bits per heavy atom. The van der Waals surface area contributed by atoms with Gasteiger partial charge in [-0.2, -0.15) is 0 Å². The van der Waals surface area contributed by atoms with E-state index in [2.05, 4.69) is 204 Å². The maximum atomic E-state index is 6.68. The van der Waals surface area contributed by atoms with Crippen LogP contribution in [0.1, 0.15) is 16.9 Å². The maximum Gasteiger partial charge on any atom is 0.178 e. The van der Waals surface area contributed by atoms with Gasteiger partial charge in [0.1, 0.15) is 11.3 Å². The zero-order valence-electron chi connectivity index (χ0n) is 32.3. The molecule has 4 heteroatoms. The highest BCUT2D eigenvalue weighted by atomic mass is 16.4. The van der Waals surface area contributed by atoms with Gasteiger partial charge in [-0.1, -0.05) is 122 Å². The Kier molecular flexibility index (Phi) is 7.26. The van der Waals surface area contributed by atoms with Gasteiger partial charge in [0.15, 0.2) is 11.2 Å². The first-order chi connectivity index (χ1) is 29.1. The van der Waals surface area contributed by atoms with Crippen molar-refractivity contribution in [1.82, 2.24) is 9.13 Å². The molecule has 4 heterocycles. The fourth-order valence-electron chi connectivity index (χ4n) is 9.26. The number of hydrogen-bond donors (Lipinski definition) is 0. The van der Waals surface area contributed by atoms with E-state index >= 15 is 0 Å². The van der Waals surface area contributed by atoms with Crippen molar-refractivity contribution < 1.29 is 8.83 Å². The first-order valence-electron chi connectivity index (χ1n) is 20.0. The molecule has 0 aliphatic heterocycles. The van der Waals surface area contributed by atoms with E-state index in [0.29, 0.717) is 0 Å². The van der Waals surface area contributed by atoms with E-state index < -0.39 is 0 Å². The molecule has 8 aromatic carbocycles. The molecule has 12 aromatic rings. The standard InChI is InChI=1S/C55H36N2O2/c1-34(36-13-11-15-39(31-36)56-49-21-7-3-17-42(49)43-18-4-8-22-50(43)56)25-27-41-35(2)58-54-47(41)29-30-48-46-28-26-38(33-53(46)59-55(48)54)37-14-12-16-40(32-37)57-51-23-9-5-19-44(51)45-20-6-10-24-52(45)57/h3-33H,1H2,2H3/b27-25-. The van der Waals surface area contributed by atoms with Gasteiger partial charge < -0.3 is 18.0 Å². The van der Waals surface area contributed by atoms with Crippen LogP contribution < -0.4 is 0 Å². The molecule has 4 aromatic heterocycles. The smallest absolute Gasteiger partial charge is 0.178 e. The number of fused-ring (bicyclic) bond motifs is 11. The van der Waals surface area contributed by atoms with E-state index in [-0.39, 0.29) is 0 Å². The number of furan rings is 2. The van der Waals surface area contributed by atoms with E-state index in [1.807, 2.05) is 6.92 Å². The van der Waals surface area contributed by atoms with Crippen LogP contribution in [-0.4, -0.2) is 9.13 Å². The molecular formula is C55H36N2O2. The van der Waals surface area contributed by atoms with Gasteiger partial charge in [0.05, 0.1) is 22.1 Å². The lowest BCUT2D eigenvalue weighted by molar-refractivity contribution is 0.568. The Morgan fingerprint density at radius 3 is 1.59 bits per heavy atom. The van der Waals surface area contributed by atoms with Gasteiger partial charge in [0, 0.05) is 54.6 Å².